The van der Waals surface area contributed by atoms with Crippen LogP contribution in [0, 0.1) is 5.92 Å². The highest BCUT2D eigenvalue weighted by Gasteiger charge is 2.16. The van der Waals surface area contributed by atoms with Crippen molar-refractivity contribution in [2.45, 2.75) is 26.7 Å². The summed E-state index contributed by atoms with van der Waals surface area (Å²) in [5, 5.41) is 2.67. The SMILES string of the molecule is CC(=O)Nc1ccc(N2CCC(C)CC2)cn1. The van der Waals surface area contributed by atoms with E-state index in [-0.39, 0.29) is 5.91 Å². The van der Waals surface area contributed by atoms with Crippen LogP contribution in [0.4, 0.5) is 11.5 Å². The Morgan fingerprint density at radius 3 is 2.65 bits per heavy atom. The molecule has 1 aliphatic heterocycles. The summed E-state index contributed by atoms with van der Waals surface area (Å²) in [6.45, 7) is 5.99. The number of carbonyl (C=O) groups excluding carboxylic acids is 1. The second-order valence-corrected chi connectivity index (χ2v) is 4.75. The average molecular weight is 233 g/mol. The molecule has 2 heterocycles. The summed E-state index contributed by atoms with van der Waals surface area (Å²) >= 11 is 0. The van der Waals surface area contributed by atoms with E-state index in [0.29, 0.717) is 5.82 Å². The Labute approximate surface area is 102 Å². The quantitative estimate of drug-likeness (QED) is 0.852. The van der Waals surface area contributed by atoms with E-state index in [4.69, 9.17) is 0 Å². The minimum Gasteiger partial charge on any atom is -0.370 e. The van der Waals surface area contributed by atoms with E-state index in [1.54, 1.807) is 0 Å². The predicted octanol–water partition coefficient (Wildman–Crippen LogP) is 2.28. The normalized spacial score (nSPS) is 16.9. The van der Waals surface area contributed by atoms with Gasteiger partial charge in [0.15, 0.2) is 0 Å². The molecule has 0 aromatic carbocycles. The van der Waals surface area contributed by atoms with Crippen LogP contribution in [-0.4, -0.2) is 24.0 Å². The fourth-order valence-corrected chi connectivity index (χ4v) is 2.09. The van der Waals surface area contributed by atoms with Gasteiger partial charge in [0.2, 0.25) is 5.91 Å². The minimum atomic E-state index is -0.0861. The van der Waals surface area contributed by atoms with Crippen molar-refractivity contribution in [2.75, 3.05) is 23.3 Å². The first kappa shape index (κ1) is 11.9. The molecule has 0 bridgehead atoms. The fraction of sp³-hybridized carbons (Fsp3) is 0.538. The van der Waals surface area contributed by atoms with Crippen molar-refractivity contribution in [2.24, 2.45) is 5.92 Å². The number of anilines is 2. The molecule has 1 aromatic heterocycles. The first-order valence-corrected chi connectivity index (χ1v) is 6.14. The molecule has 1 fully saturated rings. The molecule has 0 radical (unpaired) electrons. The van der Waals surface area contributed by atoms with Crippen molar-refractivity contribution in [3.8, 4) is 0 Å². The summed E-state index contributed by atoms with van der Waals surface area (Å²) < 4.78 is 0. The lowest BCUT2D eigenvalue weighted by Crippen LogP contribution is -2.32. The molecular weight excluding hydrogens is 214 g/mol. The molecule has 4 heteroatoms. The van der Waals surface area contributed by atoms with Gasteiger partial charge in [-0.1, -0.05) is 6.92 Å². The zero-order chi connectivity index (χ0) is 12.3. The second-order valence-electron chi connectivity index (χ2n) is 4.75. The molecule has 0 atom stereocenters. The van der Waals surface area contributed by atoms with Gasteiger partial charge >= 0.3 is 0 Å². The van der Waals surface area contributed by atoms with Gasteiger partial charge in [-0.2, -0.15) is 0 Å². The van der Waals surface area contributed by atoms with E-state index >= 15 is 0 Å². The Morgan fingerprint density at radius 2 is 2.12 bits per heavy atom. The van der Waals surface area contributed by atoms with Crippen molar-refractivity contribution in [1.82, 2.24) is 4.98 Å². The van der Waals surface area contributed by atoms with Crippen LogP contribution in [0.2, 0.25) is 0 Å². The number of amides is 1. The first-order chi connectivity index (χ1) is 8.15. The van der Waals surface area contributed by atoms with Crippen LogP contribution >= 0.6 is 0 Å². The Kier molecular flexibility index (Phi) is 3.61. The van der Waals surface area contributed by atoms with E-state index in [0.717, 1.165) is 24.7 Å². The van der Waals surface area contributed by atoms with Crippen LogP contribution in [0.1, 0.15) is 26.7 Å². The fourth-order valence-electron chi connectivity index (χ4n) is 2.09. The van der Waals surface area contributed by atoms with Crippen molar-refractivity contribution >= 4 is 17.4 Å². The lowest BCUT2D eigenvalue weighted by molar-refractivity contribution is -0.114. The highest BCUT2D eigenvalue weighted by molar-refractivity contribution is 5.87. The van der Waals surface area contributed by atoms with E-state index in [1.165, 1.54) is 19.8 Å². The van der Waals surface area contributed by atoms with Gasteiger partial charge in [0.25, 0.3) is 0 Å². The third kappa shape index (κ3) is 3.19. The number of nitrogens with one attached hydrogen (secondary N) is 1. The number of aromatic nitrogens is 1. The molecule has 4 nitrogen and oxygen atoms in total. The summed E-state index contributed by atoms with van der Waals surface area (Å²) in [6, 6.07) is 3.88. The topological polar surface area (TPSA) is 45.2 Å². The number of pyridine rings is 1. The van der Waals surface area contributed by atoms with Crippen molar-refractivity contribution < 1.29 is 4.79 Å². The number of carbonyl (C=O) groups is 1. The molecule has 1 saturated heterocycles. The summed E-state index contributed by atoms with van der Waals surface area (Å²) in [7, 11) is 0. The summed E-state index contributed by atoms with van der Waals surface area (Å²) in [5.41, 5.74) is 1.14. The van der Waals surface area contributed by atoms with Gasteiger partial charge in [0, 0.05) is 20.0 Å². The second kappa shape index (κ2) is 5.17. The molecule has 0 spiro atoms. The molecule has 17 heavy (non-hydrogen) atoms. The van der Waals surface area contributed by atoms with Crippen molar-refractivity contribution in [1.29, 1.82) is 0 Å². The molecule has 2 rings (SSSR count). The minimum absolute atomic E-state index is 0.0861. The Balaban J connectivity index is 2.00. The number of hydrogen-bond donors (Lipinski definition) is 1. The van der Waals surface area contributed by atoms with Crippen LogP contribution in [0.15, 0.2) is 18.3 Å². The number of piperidine rings is 1. The highest BCUT2D eigenvalue weighted by atomic mass is 16.1. The zero-order valence-electron chi connectivity index (χ0n) is 10.4. The van der Waals surface area contributed by atoms with Gasteiger partial charge < -0.3 is 10.2 Å². The molecule has 0 saturated carbocycles. The molecular formula is C13H19N3O. The molecule has 0 aliphatic carbocycles. The molecule has 1 aliphatic rings. The van der Waals surface area contributed by atoms with Crippen LogP contribution in [0.3, 0.4) is 0 Å². The Morgan fingerprint density at radius 1 is 1.41 bits per heavy atom. The van der Waals surface area contributed by atoms with Gasteiger partial charge in [-0.15, -0.1) is 0 Å². The molecule has 1 N–H and O–H groups in total. The third-order valence-electron chi connectivity index (χ3n) is 3.20. The van der Waals surface area contributed by atoms with E-state index < -0.39 is 0 Å². The third-order valence-corrected chi connectivity index (χ3v) is 3.20. The van der Waals surface area contributed by atoms with E-state index in [1.807, 2.05) is 18.3 Å². The maximum Gasteiger partial charge on any atom is 0.222 e. The Hall–Kier alpha value is -1.58. The lowest BCUT2D eigenvalue weighted by atomic mass is 9.99. The maximum absolute atomic E-state index is 10.9. The van der Waals surface area contributed by atoms with Gasteiger partial charge in [0.1, 0.15) is 5.82 Å². The molecule has 1 aromatic rings. The van der Waals surface area contributed by atoms with Crippen LogP contribution in [0.5, 0.6) is 0 Å². The number of nitrogens with zero attached hydrogens (tertiary/aromatic N) is 2. The monoisotopic (exact) mass is 233 g/mol. The maximum atomic E-state index is 10.9. The Bertz CT molecular complexity index is 380. The summed E-state index contributed by atoms with van der Waals surface area (Å²) in [4.78, 5) is 17.5. The number of hydrogen-bond acceptors (Lipinski definition) is 3. The number of rotatable bonds is 2. The van der Waals surface area contributed by atoms with E-state index in [9.17, 15) is 4.79 Å². The average Bonchev–Trinajstić information content (AvgIpc) is 2.30. The van der Waals surface area contributed by atoms with Gasteiger partial charge in [-0.05, 0) is 30.9 Å². The predicted molar refractivity (Wildman–Crippen MR) is 69.2 cm³/mol. The largest absolute Gasteiger partial charge is 0.370 e. The molecule has 92 valence electrons. The van der Waals surface area contributed by atoms with Crippen LogP contribution in [-0.2, 0) is 4.79 Å². The standard InChI is InChI=1S/C13H19N3O/c1-10-5-7-16(8-6-10)12-3-4-13(14-9-12)15-11(2)17/h3-4,9-10H,5-8H2,1-2H3,(H,14,15,17). The highest BCUT2D eigenvalue weighted by Crippen LogP contribution is 2.22. The van der Waals surface area contributed by atoms with Crippen LogP contribution in [0.25, 0.3) is 0 Å². The van der Waals surface area contributed by atoms with Crippen LogP contribution < -0.4 is 10.2 Å². The molecule has 1 amide bonds. The van der Waals surface area contributed by atoms with E-state index in [2.05, 4.69) is 22.1 Å². The summed E-state index contributed by atoms with van der Waals surface area (Å²) in [6.07, 6.45) is 4.32. The lowest BCUT2D eigenvalue weighted by Gasteiger charge is -2.31. The zero-order valence-corrected chi connectivity index (χ0v) is 10.4. The van der Waals surface area contributed by atoms with Gasteiger partial charge in [0.05, 0.1) is 11.9 Å². The van der Waals surface area contributed by atoms with Gasteiger partial charge in [-0.3, -0.25) is 4.79 Å². The smallest absolute Gasteiger partial charge is 0.222 e. The van der Waals surface area contributed by atoms with Gasteiger partial charge in [-0.25, -0.2) is 4.98 Å². The molecule has 0 unspecified atom stereocenters. The van der Waals surface area contributed by atoms with Crippen molar-refractivity contribution in [3.63, 3.8) is 0 Å². The first-order valence-electron chi connectivity index (χ1n) is 6.14. The summed E-state index contributed by atoms with van der Waals surface area (Å²) in [5.74, 6) is 1.36. The van der Waals surface area contributed by atoms with Crippen molar-refractivity contribution in [3.05, 3.63) is 18.3 Å².